The van der Waals surface area contributed by atoms with Gasteiger partial charge in [-0.15, -0.1) is 0 Å². The van der Waals surface area contributed by atoms with Crippen LogP contribution in [0.1, 0.15) is 23.0 Å². The number of nitrogens with one attached hydrogen (secondary N) is 1. The number of carbonyl (C=O) groups is 2. The first-order valence-electron chi connectivity index (χ1n) is 10.6. The molecule has 6 heteroatoms. The van der Waals surface area contributed by atoms with Crippen molar-refractivity contribution in [3.8, 4) is 0 Å². The predicted octanol–water partition coefficient (Wildman–Crippen LogP) is 3.33. The van der Waals surface area contributed by atoms with Crippen molar-refractivity contribution in [3.05, 3.63) is 113 Å². The number of rotatable bonds is 4. The Hall–Kier alpha value is -3.58. The molecular formula is C26H22N2O4. The van der Waals surface area contributed by atoms with Gasteiger partial charge in [0.2, 0.25) is 11.8 Å². The number of allylic oxidation sites excluding steroid dienone is 2. The monoisotopic (exact) mass is 426 g/mol. The van der Waals surface area contributed by atoms with Crippen LogP contribution in [0.5, 0.6) is 0 Å². The van der Waals surface area contributed by atoms with Gasteiger partial charge in [-0.1, -0.05) is 84.9 Å². The Morgan fingerprint density at radius 1 is 0.688 bits per heavy atom. The first-order chi connectivity index (χ1) is 15.6. The van der Waals surface area contributed by atoms with Gasteiger partial charge in [0, 0.05) is 17.9 Å². The van der Waals surface area contributed by atoms with E-state index in [1.54, 1.807) is 12.1 Å². The van der Waals surface area contributed by atoms with Gasteiger partial charge in [-0.2, -0.15) is 5.23 Å². The number of fused-ring (bicyclic) bond motifs is 1. The molecule has 2 amide bonds. The maximum absolute atomic E-state index is 13.8. The number of hydrogen-bond acceptors (Lipinski definition) is 4. The number of anilines is 1. The maximum atomic E-state index is 13.8. The van der Waals surface area contributed by atoms with Crippen LogP contribution in [0.25, 0.3) is 0 Å². The predicted molar refractivity (Wildman–Crippen MR) is 119 cm³/mol. The number of para-hydroxylation sites is 2. The summed E-state index contributed by atoms with van der Waals surface area (Å²) in [5.41, 5.74) is 1.98. The molecule has 1 aliphatic carbocycles. The highest BCUT2D eigenvalue weighted by atomic mass is 16.8. The quantitative estimate of drug-likeness (QED) is 0.381. The largest absolute Gasteiger partial charge is 0.595 e. The average molecular weight is 426 g/mol. The van der Waals surface area contributed by atoms with E-state index in [4.69, 9.17) is 0 Å². The molecule has 0 aromatic heterocycles. The first-order valence-corrected chi connectivity index (χ1v) is 10.6. The third-order valence-electron chi connectivity index (χ3n) is 6.44. The van der Waals surface area contributed by atoms with E-state index in [9.17, 15) is 20.0 Å². The van der Waals surface area contributed by atoms with E-state index in [-0.39, 0.29) is 35.0 Å². The first kappa shape index (κ1) is 20.3. The third kappa shape index (κ3) is 3.26. The summed E-state index contributed by atoms with van der Waals surface area (Å²) in [5, 5.41) is 20.3. The van der Waals surface area contributed by atoms with Crippen molar-refractivity contribution in [3.63, 3.8) is 0 Å². The Labute approximate surface area is 185 Å². The number of quaternary nitrogens is 1. The van der Waals surface area contributed by atoms with Crippen LogP contribution in [0.2, 0.25) is 0 Å². The van der Waals surface area contributed by atoms with Gasteiger partial charge in [-0.05, 0) is 17.2 Å². The zero-order valence-electron chi connectivity index (χ0n) is 17.2. The highest BCUT2D eigenvalue weighted by Crippen LogP contribution is 2.50. The van der Waals surface area contributed by atoms with Gasteiger partial charge < -0.3 is 5.21 Å². The van der Waals surface area contributed by atoms with Gasteiger partial charge in [-0.25, -0.2) is 10.1 Å². The standard InChI is InChI=1S/C26H22N2O4/c29-25-23-19(17-9-3-1-4-10-17)15-16-20(18-11-5-2-6-12-18)24(23)26(30)27(25)21-13-7-8-14-22(21)28(31)32/h1-16,19-20,23-24,28,31H/t19-,20-,23-,24+/m0/s1. The molecule has 2 aliphatic rings. The van der Waals surface area contributed by atoms with E-state index >= 15 is 0 Å². The third-order valence-corrected chi connectivity index (χ3v) is 6.44. The van der Waals surface area contributed by atoms with Gasteiger partial charge in [0.15, 0.2) is 5.69 Å². The molecule has 1 saturated heterocycles. The summed E-state index contributed by atoms with van der Waals surface area (Å²) in [6.07, 6.45) is 4.04. The molecule has 3 aromatic rings. The molecule has 5 rings (SSSR count). The summed E-state index contributed by atoms with van der Waals surface area (Å²) >= 11 is 0. The van der Waals surface area contributed by atoms with E-state index in [2.05, 4.69) is 0 Å². The van der Waals surface area contributed by atoms with Gasteiger partial charge >= 0.3 is 0 Å². The van der Waals surface area contributed by atoms with Crippen LogP contribution in [0.3, 0.4) is 0 Å². The number of hydrogen-bond donors (Lipinski definition) is 2. The van der Waals surface area contributed by atoms with Crippen molar-refractivity contribution < 1.29 is 20.0 Å². The van der Waals surface area contributed by atoms with Gasteiger partial charge in [-0.3, -0.25) is 9.59 Å². The minimum atomic E-state index is -1.17. The highest BCUT2D eigenvalue weighted by Gasteiger charge is 2.56. The Balaban J connectivity index is 1.65. The van der Waals surface area contributed by atoms with E-state index < -0.39 is 17.1 Å². The Kier molecular flexibility index (Phi) is 5.19. The van der Waals surface area contributed by atoms with Crippen molar-refractivity contribution in [1.82, 2.24) is 0 Å². The maximum Gasteiger partial charge on any atom is 0.238 e. The van der Waals surface area contributed by atoms with Gasteiger partial charge in [0.1, 0.15) is 5.69 Å². The highest BCUT2D eigenvalue weighted by molar-refractivity contribution is 6.23. The lowest BCUT2D eigenvalue weighted by Gasteiger charge is -2.32. The fourth-order valence-electron chi connectivity index (χ4n) is 5.02. The van der Waals surface area contributed by atoms with E-state index in [0.29, 0.717) is 0 Å². The lowest BCUT2D eigenvalue weighted by atomic mass is 9.68. The molecular weight excluding hydrogens is 404 g/mol. The van der Waals surface area contributed by atoms with Crippen LogP contribution in [-0.2, 0) is 9.59 Å². The summed E-state index contributed by atoms with van der Waals surface area (Å²) in [5.74, 6) is -2.45. The zero-order chi connectivity index (χ0) is 22.2. The fourth-order valence-corrected chi connectivity index (χ4v) is 5.02. The summed E-state index contributed by atoms with van der Waals surface area (Å²) in [7, 11) is 0. The smallest absolute Gasteiger partial charge is 0.238 e. The lowest BCUT2D eigenvalue weighted by Crippen LogP contribution is -2.99. The van der Waals surface area contributed by atoms with Crippen molar-refractivity contribution in [2.75, 3.05) is 4.90 Å². The molecule has 6 nitrogen and oxygen atoms in total. The second kappa shape index (κ2) is 8.16. The molecule has 0 saturated carbocycles. The van der Waals surface area contributed by atoms with E-state index in [0.717, 1.165) is 16.0 Å². The van der Waals surface area contributed by atoms with E-state index in [1.165, 1.54) is 12.1 Å². The van der Waals surface area contributed by atoms with Crippen LogP contribution in [0.15, 0.2) is 97.1 Å². The van der Waals surface area contributed by atoms with Crippen LogP contribution in [-0.4, -0.2) is 17.0 Å². The minimum Gasteiger partial charge on any atom is -0.595 e. The molecule has 2 N–H and O–H groups in total. The molecule has 32 heavy (non-hydrogen) atoms. The SMILES string of the molecule is O=C1[C@@H]2[C@H](C(=O)N1c1ccccc1[NH+]([O-])O)[C@H](c1ccccc1)C=C[C@H]2c1ccccc1. The van der Waals surface area contributed by atoms with Crippen LogP contribution in [0.4, 0.5) is 11.4 Å². The molecule has 1 fully saturated rings. The normalized spacial score (nSPS) is 25.6. The van der Waals surface area contributed by atoms with Crippen LogP contribution in [0, 0.1) is 17.0 Å². The number of benzene rings is 3. The number of nitrogens with zero attached hydrogens (tertiary/aromatic N) is 1. The van der Waals surface area contributed by atoms with Gasteiger partial charge in [0.05, 0.1) is 11.8 Å². The van der Waals surface area contributed by atoms with E-state index in [1.807, 2.05) is 72.8 Å². The average Bonchev–Trinajstić information content (AvgIpc) is 3.10. The summed E-state index contributed by atoms with van der Waals surface area (Å²) in [6, 6.07) is 25.5. The summed E-state index contributed by atoms with van der Waals surface area (Å²) < 4.78 is 0. The minimum absolute atomic E-state index is 0.0617. The zero-order valence-corrected chi connectivity index (χ0v) is 17.2. The van der Waals surface area contributed by atoms with Crippen LogP contribution < -0.4 is 10.1 Å². The van der Waals surface area contributed by atoms with Crippen molar-refractivity contribution in [2.24, 2.45) is 11.8 Å². The fraction of sp³-hybridized carbons (Fsp3) is 0.154. The number of carbonyl (C=O) groups excluding carboxylic acids is 2. The lowest BCUT2D eigenvalue weighted by molar-refractivity contribution is -0.990. The molecule has 1 aliphatic heterocycles. The molecule has 5 atom stereocenters. The number of imide groups is 1. The molecule has 0 radical (unpaired) electrons. The molecule has 1 heterocycles. The Morgan fingerprint density at radius 3 is 1.59 bits per heavy atom. The number of amides is 2. The second-order valence-corrected chi connectivity index (χ2v) is 8.14. The second-order valence-electron chi connectivity index (χ2n) is 8.14. The summed E-state index contributed by atoms with van der Waals surface area (Å²) in [4.78, 5) is 28.6. The van der Waals surface area contributed by atoms with Gasteiger partial charge in [0.25, 0.3) is 0 Å². The van der Waals surface area contributed by atoms with Crippen LogP contribution >= 0.6 is 0 Å². The molecule has 160 valence electrons. The summed E-state index contributed by atoms with van der Waals surface area (Å²) in [6.45, 7) is 0. The van der Waals surface area contributed by atoms with Crippen molar-refractivity contribution in [2.45, 2.75) is 11.8 Å². The molecule has 3 aromatic carbocycles. The molecule has 0 bridgehead atoms. The Morgan fingerprint density at radius 2 is 1.12 bits per heavy atom. The van der Waals surface area contributed by atoms with Crippen molar-refractivity contribution in [1.29, 1.82) is 0 Å². The molecule has 1 unspecified atom stereocenters. The Bertz CT molecular complexity index is 1110. The molecule has 0 spiro atoms. The topological polar surface area (TPSA) is 85.1 Å². The van der Waals surface area contributed by atoms with Crippen molar-refractivity contribution >= 4 is 23.2 Å².